The van der Waals surface area contributed by atoms with E-state index in [4.69, 9.17) is 5.11 Å². The number of nitrogens with zero attached hydrogens (tertiary/aromatic N) is 5. The maximum Gasteiger partial charge on any atom is 0.231 e. The fraction of sp³-hybridized carbons (Fsp3) is 0.409. The predicted molar refractivity (Wildman–Crippen MR) is 124 cm³/mol. The number of anilines is 4. The van der Waals surface area contributed by atoms with Crippen molar-refractivity contribution in [2.24, 2.45) is 0 Å². The zero-order valence-electron chi connectivity index (χ0n) is 18.3. The van der Waals surface area contributed by atoms with Crippen LogP contribution in [0, 0.1) is 0 Å². The van der Waals surface area contributed by atoms with Crippen molar-refractivity contribution in [1.82, 2.24) is 19.9 Å². The van der Waals surface area contributed by atoms with Gasteiger partial charge in [-0.25, -0.2) is 0 Å². The van der Waals surface area contributed by atoms with Gasteiger partial charge in [-0.2, -0.15) is 9.97 Å². The summed E-state index contributed by atoms with van der Waals surface area (Å²) in [4.78, 5) is 29.7. The van der Waals surface area contributed by atoms with Gasteiger partial charge < -0.3 is 35.2 Å². The molecule has 1 saturated heterocycles. The molecule has 0 bridgehead atoms. The molecule has 0 spiro atoms. The lowest BCUT2D eigenvalue weighted by Gasteiger charge is -2.35. The highest BCUT2D eigenvalue weighted by Gasteiger charge is 2.19. The van der Waals surface area contributed by atoms with Gasteiger partial charge in [-0.05, 0) is 30.3 Å². The Hall–Kier alpha value is -3.37. The first-order valence-corrected chi connectivity index (χ1v) is 10.7. The standard InChI is InChI=1S/C22H29N7O3/c1-15(31)28-9-11-29(12-10-28)17-5-3-16(4-6-17)24-22-25-20-19(7-8-23-20)21(26-22)27(2)13-18(32)14-30/h3-8,18,30,32H,9-14H2,1-2H3,(H2,23,24,25,26). The third-order valence-corrected chi connectivity index (χ3v) is 5.67. The third-order valence-electron chi connectivity index (χ3n) is 5.67. The molecule has 1 aliphatic rings. The van der Waals surface area contributed by atoms with E-state index in [0.29, 0.717) is 17.4 Å². The highest BCUT2D eigenvalue weighted by atomic mass is 16.3. The second-order valence-electron chi connectivity index (χ2n) is 7.99. The molecule has 0 radical (unpaired) electrons. The Morgan fingerprint density at radius 2 is 1.91 bits per heavy atom. The first-order valence-electron chi connectivity index (χ1n) is 10.7. The molecule has 0 aliphatic carbocycles. The van der Waals surface area contributed by atoms with E-state index in [1.54, 1.807) is 18.0 Å². The van der Waals surface area contributed by atoms with Crippen molar-refractivity contribution in [2.45, 2.75) is 13.0 Å². The minimum absolute atomic E-state index is 0.124. The van der Waals surface area contributed by atoms with Crippen molar-refractivity contribution in [2.75, 3.05) is 61.5 Å². The Balaban J connectivity index is 1.48. The summed E-state index contributed by atoms with van der Waals surface area (Å²) in [5.41, 5.74) is 2.65. The van der Waals surface area contributed by atoms with E-state index in [1.165, 1.54) is 0 Å². The lowest BCUT2D eigenvalue weighted by molar-refractivity contribution is -0.129. The third kappa shape index (κ3) is 4.76. The minimum Gasteiger partial charge on any atom is -0.394 e. The molecule has 1 aliphatic heterocycles. The lowest BCUT2D eigenvalue weighted by Crippen LogP contribution is -2.48. The van der Waals surface area contributed by atoms with Gasteiger partial charge >= 0.3 is 0 Å². The first kappa shape index (κ1) is 21.8. The molecule has 1 aromatic carbocycles. The topological polar surface area (TPSA) is 121 Å². The van der Waals surface area contributed by atoms with Crippen molar-refractivity contribution in [3.63, 3.8) is 0 Å². The quantitative estimate of drug-likeness (QED) is 0.433. The van der Waals surface area contributed by atoms with Gasteiger partial charge in [0.05, 0.1) is 18.1 Å². The molecule has 0 saturated carbocycles. The Morgan fingerprint density at radius 3 is 2.56 bits per heavy atom. The van der Waals surface area contributed by atoms with Crippen molar-refractivity contribution in [3.8, 4) is 0 Å². The van der Waals surface area contributed by atoms with E-state index >= 15 is 0 Å². The summed E-state index contributed by atoms with van der Waals surface area (Å²) in [5, 5.41) is 23.1. The summed E-state index contributed by atoms with van der Waals surface area (Å²) >= 11 is 0. The number of likely N-dealkylation sites (N-methyl/N-ethyl adjacent to an activating group) is 1. The summed E-state index contributed by atoms with van der Waals surface area (Å²) in [6.45, 7) is 4.65. The normalized spacial score (nSPS) is 15.1. The van der Waals surface area contributed by atoms with Crippen LogP contribution in [0.1, 0.15) is 6.92 Å². The van der Waals surface area contributed by atoms with Crippen molar-refractivity contribution in [1.29, 1.82) is 0 Å². The van der Waals surface area contributed by atoms with Crippen LogP contribution in [-0.2, 0) is 4.79 Å². The summed E-state index contributed by atoms with van der Waals surface area (Å²) in [7, 11) is 1.82. The number of amides is 1. The lowest BCUT2D eigenvalue weighted by atomic mass is 10.2. The van der Waals surface area contributed by atoms with Gasteiger partial charge in [0.25, 0.3) is 0 Å². The van der Waals surface area contributed by atoms with E-state index in [2.05, 4.69) is 25.2 Å². The van der Waals surface area contributed by atoms with Crippen molar-refractivity contribution in [3.05, 3.63) is 36.5 Å². The largest absolute Gasteiger partial charge is 0.394 e. The zero-order chi connectivity index (χ0) is 22.7. The Labute approximate surface area is 186 Å². The first-order chi connectivity index (χ1) is 15.4. The molecule has 32 heavy (non-hydrogen) atoms. The van der Waals surface area contributed by atoms with Crippen molar-refractivity contribution < 1.29 is 15.0 Å². The minimum atomic E-state index is -0.856. The van der Waals surface area contributed by atoms with E-state index < -0.39 is 6.10 Å². The van der Waals surface area contributed by atoms with Gasteiger partial charge in [0.2, 0.25) is 11.9 Å². The Bertz CT molecular complexity index is 1060. The molecule has 3 aromatic rings. The van der Waals surface area contributed by atoms with E-state index in [0.717, 1.165) is 42.9 Å². The maximum absolute atomic E-state index is 11.5. The zero-order valence-corrected chi connectivity index (χ0v) is 18.3. The molecule has 1 atom stereocenters. The molecule has 3 heterocycles. The molecule has 4 N–H and O–H groups in total. The molecular formula is C22H29N7O3. The number of aliphatic hydroxyl groups is 2. The maximum atomic E-state index is 11.5. The number of nitrogens with one attached hydrogen (secondary N) is 2. The number of aromatic amines is 1. The SMILES string of the molecule is CC(=O)N1CCN(c2ccc(Nc3nc(N(C)CC(O)CO)c4cc[nH]c4n3)cc2)CC1. The predicted octanol–water partition coefficient (Wildman–Crippen LogP) is 1.16. The number of aromatic nitrogens is 3. The number of fused-ring (bicyclic) bond motifs is 1. The summed E-state index contributed by atoms with van der Waals surface area (Å²) in [5.74, 6) is 1.22. The number of aliphatic hydroxyl groups excluding tert-OH is 2. The van der Waals surface area contributed by atoms with Crippen LogP contribution in [0.3, 0.4) is 0 Å². The average Bonchev–Trinajstić information content (AvgIpc) is 3.27. The fourth-order valence-electron chi connectivity index (χ4n) is 3.90. The van der Waals surface area contributed by atoms with Crippen LogP contribution >= 0.6 is 0 Å². The number of hydrogen-bond acceptors (Lipinski definition) is 8. The fourth-order valence-corrected chi connectivity index (χ4v) is 3.90. The summed E-state index contributed by atoms with van der Waals surface area (Å²) in [6.07, 6.45) is 0.939. The van der Waals surface area contributed by atoms with E-state index in [1.807, 2.05) is 42.3 Å². The number of H-pyrrole nitrogens is 1. The van der Waals surface area contributed by atoms with Crippen LogP contribution in [-0.4, -0.2) is 88.5 Å². The summed E-state index contributed by atoms with van der Waals surface area (Å²) < 4.78 is 0. The average molecular weight is 440 g/mol. The highest BCUT2D eigenvalue weighted by Crippen LogP contribution is 2.26. The van der Waals surface area contributed by atoms with E-state index in [-0.39, 0.29) is 19.1 Å². The molecule has 10 heteroatoms. The second kappa shape index (κ2) is 9.41. The van der Waals surface area contributed by atoms with Gasteiger partial charge in [-0.3, -0.25) is 4.79 Å². The van der Waals surface area contributed by atoms with Crippen LogP contribution in [0.4, 0.5) is 23.1 Å². The Kier molecular flexibility index (Phi) is 6.42. The number of rotatable bonds is 7. The Morgan fingerprint density at radius 1 is 1.19 bits per heavy atom. The van der Waals surface area contributed by atoms with Gasteiger partial charge in [0.15, 0.2) is 0 Å². The van der Waals surface area contributed by atoms with Gasteiger partial charge in [0, 0.05) is 64.3 Å². The number of carbonyl (C=O) groups excluding carboxylic acids is 1. The number of piperazine rings is 1. The van der Waals surface area contributed by atoms with Gasteiger partial charge in [-0.15, -0.1) is 0 Å². The number of benzene rings is 1. The van der Waals surface area contributed by atoms with Crippen LogP contribution < -0.4 is 15.1 Å². The molecule has 170 valence electrons. The van der Waals surface area contributed by atoms with Crippen LogP contribution in [0.5, 0.6) is 0 Å². The van der Waals surface area contributed by atoms with Gasteiger partial charge in [0.1, 0.15) is 11.5 Å². The summed E-state index contributed by atoms with van der Waals surface area (Å²) in [6, 6.07) is 9.94. The molecule has 10 nitrogen and oxygen atoms in total. The molecule has 1 unspecified atom stereocenters. The number of hydrogen-bond donors (Lipinski definition) is 4. The molecule has 1 fully saturated rings. The molecule has 4 rings (SSSR count). The highest BCUT2D eigenvalue weighted by molar-refractivity contribution is 5.88. The van der Waals surface area contributed by atoms with Crippen LogP contribution in [0.25, 0.3) is 11.0 Å². The van der Waals surface area contributed by atoms with Crippen LogP contribution in [0.15, 0.2) is 36.5 Å². The monoisotopic (exact) mass is 439 g/mol. The van der Waals surface area contributed by atoms with E-state index in [9.17, 15) is 9.90 Å². The second-order valence-corrected chi connectivity index (χ2v) is 7.99. The smallest absolute Gasteiger partial charge is 0.231 e. The van der Waals surface area contributed by atoms with Crippen molar-refractivity contribution >= 4 is 40.1 Å². The molecule has 1 amide bonds. The number of carbonyl (C=O) groups is 1. The van der Waals surface area contributed by atoms with Gasteiger partial charge in [-0.1, -0.05) is 0 Å². The molecular weight excluding hydrogens is 410 g/mol. The molecule has 2 aromatic heterocycles. The van der Waals surface area contributed by atoms with Crippen LogP contribution in [0.2, 0.25) is 0 Å².